The van der Waals surface area contributed by atoms with Gasteiger partial charge in [0, 0.05) is 23.7 Å². The van der Waals surface area contributed by atoms with Crippen molar-refractivity contribution in [3.8, 4) is 0 Å². The first-order chi connectivity index (χ1) is 14.4. The van der Waals surface area contributed by atoms with E-state index in [9.17, 15) is 22.8 Å². The lowest BCUT2D eigenvalue weighted by Gasteiger charge is -2.15. The number of aliphatic imine (C=N–C) groups is 1. The Labute approximate surface area is 168 Å². The number of fused-ring (bicyclic) bond motifs is 1. The van der Waals surface area contributed by atoms with Crippen LogP contribution in [0.15, 0.2) is 58.6 Å². The molecule has 3 N–H and O–H groups in total. The van der Waals surface area contributed by atoms with Crippen molar-refractivity contribution in [1.82, 2.24) is 5.43 Å². The lowest BCUT2D eigenvalue weighted by molar-refractivity contribution is 0.105. The van der Waals surface area contributed by atoms with Crippen LogP contribution >= 0.6 is 0 Å². The van der Waals surface area contributed by atoms with Crippen LogP contribution in [0.1, 0.15) is 10.4 Å². The summed E-state index contributed by atoms with van der Waals surface area (Å²) in [6.45, 7) is 0. The van der Waals surface area contributed by atoms with Crippen LogP contribution in [-0.2, 0) is 0 Å². The second-order valence-corrected chi connectivity index (χ2v) is 6.52. The number of amides is 2. The van der Waals surface area contributed by atoms with Gasteiger partial charge in [0.05, 0.1) is 11.5 Å². The molecule has 2 aromatic rings. The largest absolute Gasteiger partial charge is 0.323 e. The zero-order valence-corrected chi connectivity index (χ0v) is 15.2. The fourth-order valence-corrected chi connectivity index (χ4v) is 3.10. The maximum Gasteiger partial charge on any atom is 0.323 e. The molecule has 0 saturated carbocycles. The molecule has 7 nitrogen and oxygen atoms in total. The number of urea groups is 1. The highest BCUT2D eigenvalue weighted by Gasteiger charge is 2.36. The van der Waals surface area contributed by atoms with Crippen LogP contribution in [0.25, 0.3) is 0 Å². The van der Waals surface area contributed by atoms with Gasteiger partial charge in [-0.1, -0.05) is 12.1 Å². The minimum atomic E-state index is -1.36. The van der Waals surface area contributed by atoms with E-state index in [-0.39, 0.29) is 17.1 Å². The minimum Gasteiger partial charge on any atom is -0.308 e. The standard InChI is InChI=1S/C20H14F3N5O2/c21-10-3-1-4-11(7-10)25-20(30)26-12-8-14(16(23)15(22)9-12)18(29)17-13-5-2-6-24-19(13)28-27-17/h1-9,13,19,28H,(H2,25,26,30). The van der Waals surface area contributed by atoms with Crippen LogP contribution in [0.2, 0.25) is 0 Å². The van der Waals surface area contributed by atoms with E-state index in [4.69, 9.17) is 0 Å². The Morgan fingerprint density at radius 1 is 1.03 bits per heavy atom. The summed E-state index contributed by atoms with van der Waals surface area (Å²) in [6, 6.07) is 6.05. The Hall–Kier alpha value is -3.95. The number of carbonyl (C=O) groups excluding carboxylic acids is 2. The average molecular weight is 413 g/mol. The summed E-state index contributed by atoms with van der Waals surface area (Å²) in [5.41, 5.74) is 2.06. The molecule has 4 rings (SSSR count). The molecule has 2 atom stereocenters. The molecular formula is C20H14F3N5O2. The van der Waals surface area contributed by atoms with Gasteiger partial charge in [0.2, 0.25) is 5.78 Å². The topological polar surface area (TPSA) is 95.0 Å². The first kappa shape index (κ1) is 19.4. The van der Waals surface area contributed by atoms with E-state index in [1.807, 2.05) is 0 Å². The van der Waals surface area contributed by atoms with E-state index < -0.39 is 46.9 Å². The summed E-state index contributed by atoms with van der Waals surface area (Å²) >= 11 is 0. The molecule has 30 heavy (non-hydrogen) atoms. The Morgan fingerprint density at radius 3 is 2.63 bits per heavy atom. The second kappa shape index (κ2) is 7.82. The third kappa shape index (κ3) is 3.79. The highest BCUT2D eigenvalue weighted by atomic mass is 19.2. The lowest BCUT2D eigenvalue weighted by atomic mass is 9.92. The van der Waals surface area contributed by atoms with Crippen molar-refractivity contribution < 1.29 is 22.8 Å². The van der Waals surface area contributed by atoms with Gasteiger partial charge < -0.3 is 10.6 Å². The van der Waals surface area contributed by atoms with Crippen LogP contribution in [0, 0.1) is 23.4 Å². The van der Waals surface area contributed by atoms with Crippen LogP contribution in [-0.4, -0.2) is 29.9 Å². The number of benzene rings is 2. The lowest BCUT2D eigenvalue weighted by Crippen LogP contribution is -2.31. The van der Waals surface area contributed by atoms with Crippen LogP contribution < -0.4 is 16.1 Å². The fraction of sp³-hybridized carbons (Fsp3) is 0.100. The van der Waals surface area contributed by atoms with Crippen LogP contribution in [0.5, 0.6) is 0 Å². The van der Waals surface area contributed by atoms with Gasteiger partial charge in [0.25, 0.3) is 0 Å². The van der Waals surface area contributed by atoms with E-state index in [1.165, 1.54) is 18.2 Å². The van der Waals surface area contributed by atoms with Gasteiger partial charge in [0.1, 0.15) is 17.7 Å². The highest BCUT2D eigenvalue weighted by molar-refractivity contribution is 6.47. The first-order valence-corrected chi connectivity index (χ1v) is 8.83. The smallest absolute Gasteiger partial charge is 0.308 e. The molecule has 0 aromatic heterocycles. The van der Waals surface area contributed by atoms with Crippen molar-refractivity contribution in [2.45, 2.75) is 6.17 Å². The van der Waals surface area contributed by atoms with Crippen molar-refractivity contribution in [2.75, 3.05) is 10.6 Å². The maximum atomic E-state index is 14.3. The van der Waals surface area contributed by atoms with Crippen molar-refractivity contribution in [3.63, 3.8) is 0 Å². The number of hydrogen-bond donors (Lipinski definition) is 3. The monoisotopic (exact) mass is 413 g/mol. The molecule has 0 spiro atoms. The third-order valence-electron chi connectivity index (χ3n) is 4.47. The molecule has 0 saturated heterocycles. The van der Waals surface area contributed by atoms with E-state index >= 15 is 0 Å². The summed E-state index contributed by atoms with van der Waals surface area (Å²) in [6.07, 6.45) is 4.36. The number of halogens is 3. The van der Waals surface area contributed by atoms with E-state index in [0.29, 0.717) is 0 Å². The molecule has 0 fully saturated rings. The van der Waals surface area contributed by atoms with Gasteiger partial charge in [-0.05, 0) is 30.3 Å². The number of allylic oxidation sites excluding steroid dienone is 1. The molecule has 2 aliphatic rings. The van der Waals surface area contributed by atoms with Crippen LogP contribution in [0.4, 0.5) is 29.3 Å². The maximum absolute atomic E-state index is 14.3. The highest BCUT2D eigenvalue weighted by Crippen LogP contribution is 2.25. The number of dihydropyridines is 1. The van der Waals surface area contributed by atoms with Crippen molar-refractivity contribution in [3.05, 3.63) is 71.6 Å². The van der Waals surface area contributed by atoms with Crippen molar-refractivity contribution in [2.24, 2.45) is 16.0 Å². The zero-order chi connectivity index (χ0) is 21.3. The van der Waals surface area contributed by atoms with Gasteiger partial charge in [-0.2, -0.15) is 5.10 Å². The first-order valence-electron chi connectivity index (χ1n) is 8.83. The molecule has 152 valence electrons. The predicted molar refractivity (Wildman–Crippen MR) is 105 cm³/mol. The number of anilines is 2. The zero-order valence-electron chi connectivity index (χ0n) is 15.2. The molecular weight excluding hydrogens is 399 g/mol. The van der Waals surface area contributed by atoms with E-state index in [0.717, 1.165) is 18.2 Å². The Morgan fingerprint density at radius 2 is 1.83 bits per heavy atom. The van der Waals surface area contributed by atoms with E-state index in [1.54, 1.807) is 18.4 Å². The number of nitrogens with one attached hydrogen (secondary N) is 3. The summed E-state index contributed by atoms with van der Waals surface area (Å²) in [5.74, 6) is -4.58. The molecule has 0 aliphatic carbocycles. The molecule has 2 unspecified atom stereocenters. The number of carbonyl (C=O) groups is 2. The molecule has 2 heterocycles. The number of rotatable bonds is 4. The molecule has 2 amide bonds. The number of ketones is 1. The fourth-order valence-electron chi connectivity index (χ4n) is 3.10. The molecule has 2 aromatic carbocycles. The summed E-state index contributed by atoms with van der Waals surface area (Å²) in [4.78, 5) is 29.0. The van der Waals surface area contributed by atoms with Gasteiger partial charge >= 0.3 is 6.03 Å². The van der Waals surface area contributed by atoms with Gasteiger partial charge in [-0.3, -0.25) is 15.2 Å². The molecule has 0 bridgehead atoms. The van der Waals surface area contributed by atoms with E-state index in [2.05, 4.69) is 26.2 Å². The summed E-state index contributed by atoms with van der Waals surface area (Å²) in [7, 11) is 0. The van der Waals surface area contributed by atoms with Crippen LogP contribution in [0.3, 0.4) is 0 Å². The number of hydrogen-bond acceptors (Lipinski definition) is 5. The van der Waals surface area contributed by atoms with Crippen molar-refractivity contribution >= 4 is 35.1 Å². The molecule has 2 aliphatic heterocycles. The summed E-state index contributed by atoms with van der Waals surface area (Å²) < 4.78 is 41.7. The number of Topliss-reactive ketones (excluding diaryl/α,β-unsaturated/α-hetero) is 1. The Balaban J connectivity index is 1.55. The second-order valence-electron chi connectivity index (χ2n) is 6.52. The van der Waals surface area contributed by atoms with Gasteiger partial charge in [-0.25, -0.2) is 18.0 Å². The molecule has 10 heteroatoms. The van der Waals surface area contributed by atoms with Gasteiger partial charge in [-0.15, -0.1) is 0 Å². The summed E-state index contributed by atoms with van der Waals surface area (Å²) in [5, 5.41) is 8.56. The minimum absolute atomic E-state index is 0.0206. The average Bonchev–Trinajstić information content (AvgIpc) is 3.14. The Kier molecular flexibility index (Phi) is 5.05. The normalized spacial score (nSPS) is 19.0. The van der Waals surface area contributed by atoms with Gasteiger partial charge in [0.15, 0.2) is 11.6 Å². The quantitative estimate of drug-likeness (QED) is 0.670. The molecule has 0 radical (unpaired) electrons. The van der Waals surface area contributed by atoms with Crippen molar-refractivity contribution in [1.29, 1.82) is 0 Å². The number of hydrazone groups is 1. The number of nitrogens with zero attached hydrogens (tertiary/aromatic N) is 2. The predicted octanol–water partition coefficient (Wildman–Crippen LogP) is 3.47. The SMILES string of the molecule is O=C(Nc1cccc(F)c1)Nc1cc(F)c(F)c(C(=O)C2=NNC3N=CC=CC23)c1. The third-order valence-corrected chi connectivity index (χ3v) is 4.47. The Bertz CT molecular complexity index is 1130.